The number of aryl methyl sites for hydroxylation is 2. The lowest BCUT2D eigenvalue weighted by molar-refractivity contribution is -0.139. The third-order valence-electron chi connectivity index (χ3n) is 8.79. The maximum Gasteiger partial charge on any atom is 0.311 e. The molecule has 1 aliphatic rings. The van der Waals surface area contributed by atoms with Crippen molar-refractivity contribution in [3.05, 3.63) is 88.2 Å². The first kappa shape index (κ1) is 31.7. The average Bonchev–Trinajstić information content (AvgIpc) is 3.41. The summed E-state index contributed by atoms with van der Waals surface area (Å²) < 4.78 is 11.4. The van der Waals surface area contributed by atoms with Crippen LogP contribution in [0, 0.1) is 25.7 Å². The van der Waals surface area contributed by atoms with Crippen LogP contribution in [0.15, 0.2) is 54.7 Å². The van der Waals surface area contributed by atoms with E-state index in [1.165, 1.54) is 42.2 Å². The molecule has 0 N–H and O–H groups in total. The third-order valence-corrected chi connectivity index (χ3v) is 9.79. The molecule has 222 valence electrons. The number of rotatable bonds is 9. The Morgan fingerprint density at radius 1 is 0.952 bits per heavy atom. The van der Waals surface area contributed by atoms with Gasteiger partial charge >= 0.3 is 5.97 Å². The van der Waals surface area contributed by atoms with Crippen molar-refractivity contribution in [2.45, 2.75) is 103 Å². The second-order valence-electron chi connectivity index (χ2n) is 12.8. The first-order valence-corrected chi connectivity index (χ1v) is 18.8. The maximum absolute atomic E-state index is 11.6. The van der Waals surface area contributed by atoms with E-state index in [4.69, 9.17) is 9.16 Å². The number of hydrogen-bond donors (Lipinski definition) is 0. The van der Waals surface area contributed by atoms with Crippen LogP contribution in [0.4, 0.5) is 0 Å². The molecule has 0 unspecified atom stereocenters. The number of nitrogens with zero attached hydrogens (tertiary/aromatic N) is 1. The summed E-state index contributed by atoms with van der Waals surface area (Å²) in [4.78, 5) is 16.1. The molecule has 0 atom stereocenters. The van der Waals surface area contributed by atoms with Crippen LogP contribution in [0.1, 0.15) is 85.9 Å². The molecule has 0 bridgehead atoms. The van der Waals surface area contributed by atoms with Crippen molar-refractivity contribution in [2.24, 2.45) is 0 Å². The quantitative estimate of drug-likeness (QED) is 0.144. The van der Waals surface area contributed by atoms with E-state index >= 15 is 0 Å². The number of carbonyl (C=O) groups is 1. The summed E-state index contributed by atoms with van der Waals surface area (Å²) in [5.74, 6) is 6.86. The minimum atomic E-state index is -1.69. The summed E-state index contributed by atoms with van der Waals surface area (Å²) >= 11 is 0. The van der Waals surface area contributed by atoms with Gasteiger partial charge in [0.15, 0.2) is 8.32 Å². The zero-order chi connectivity index (χ0) is 30.5. The largest absolute Gasteiger partial charge is 0.469 e. The molecular weight excluding hydrogens is 534 g/mol. The fourth-order valence-electron chi connectivity index (χ4n) is 6.49. The van der Waals surface area contributed by atoms with Crippen LogP contribution >= 0.6 is 0 Å². The zero-order valence-electron chi connectivity index (χ0n) is 26.8. The second-order valence-corrected chi connectivity index (χ2v) is 17.2. The van der Waals surface area contributed by atoms with Crippen LogP contribution < -0.4 is 0 Å². The standard InChI is InChI=1S/C37H47NO3Si/c1-9-37(10-2,32-16-18-34(28(4)24-32)30-14-17-33(38-26-30)25-35(39)40-5)31-15-13-29(27(3)23-31)19-22-36(20-11-12-21-36)41-42(6,7)8/h13-18,23-24,26H,9-12,20-21,25H2,1-8H3. The van der Waals surface area contributed by atoms with Crippen LogP contribution in [0.3, 0.4) is 0 Å². The minimum Gasteiger partial charge on any atom is -0.469 e. The van der Waals surface area contributed by atoms with E-state index in [0.717, 1.165) is 42.4 Å². The van der Waals surface area contributed by atoms with E-state index in [1.807, 2.05) is 18.3 Å². The van der Waals surface area contributed by atoms with Crippen molar-refractivity contribution in [1.82, 2.24) is 4.98 Å². The van der Waals surface area contributed by atoms with Gasteiger partial charge in [0.2, 0.25) is 0 Å². The molecule has 0 saturated heterocycles. The lowest BCUT2D eigenvalue weighted by Gasteiger charge is -2.34. The predicted molar refractivity (Wildman–Crippen MR) is 175 cm³/mol. The van der Waals surface area contributed by atoms with E-state index in [9.17, 15) is 4.79 Å². The molecule has 1 heterocycles. The SMILES string of the molecule is CCC(CC)(c1ccc(C#CC2(O[Si](C)(C)C)CCCC2)c(C)c1)c1ccc(-c2ccc(CC(=O)OC)nc2)c(C)c1. The molecule has 0 spiro atoms. The summed E-state index contributed by atoms with van der Waals surface area (Å²) in [6.45, 7) is 15.7. The van der Waals surface area contributed by atoms with Gasteiger partial charge in [0.05, 0.1) is 19.2 Å². The first-order chi connectivity index (χ1) is 19.9. The molecule has 4 nitrogen and oxygen atoms in total. The minimum absolute atomic E-state index is 0.0871. The van der Waals surface area contributed by atoms with Crippen molar-refractivity contribution in [1.29, 1.82) is 0 Å². The number of esters is 1. The van der Waals surface area contributed by atoms with Crippen LogP contribution in [-0.4, -0.2) is 32.0 Å². The topological polar surface area (TPSA) is 48.4 Å². The summed E-state index contributed by atoms with van der Waals surface area (Å²) in [7, 11) is -0.293. The van der Waals surface area contributed by atoms with Gasteiger partial charge in [0.1, 0.15) is 5.60 Å². The zero-order valence-corrected chi connectivity index (χ0v) is 27.8. The highest BCUT2D eigenvalue weighted by molar-refractivity contribution is 6.69. The Balaban J connectivity index is 1.63. The van der Waals surface area contributed by atoms with Gasteiger partial charge in [-0.15, -0.1) is 0 Å². The Morgan fingerprint density at radius 3 is 2.12 bits per heavy atom. The van der Waals surface area contributed by atoms with E-state index in [0.29, 0.717) is 5.69 Å². The maximum atomic E-state index is 11.6. The molecule has 5 heteroatoms. The molecule has 1 saturated carbocycles. The van der Waals surface area contributed by atoms with Crippen molar-refractivity contribution >= 4 is 14.3 Å². The van der Waals surface area contributed by atoms with Gasteiger partial charge < -0.3 is 9.16 Å². The lowest BCUT2D eigenvalue weighted by atomic mass is 9.69. The van der Waals surface area contributed by atoms with Gasteiger partial charge in [-0.25, -0.2) is 0 Å². The Hall–Kier alpha value is -3.20. The number of aromatic nitrogens is 1. The molecule has 0 aliphatic heterocycles. The average molecular weight is 582 g/mol. The molecule has 0 amide bonds. The molecule has 3 aromatic rings. The first-order valence-electron chi connectivity index (χ1n) is 15.4. The Labute approximate surface area is 254 Å². The lowest BCUT2D eigenvalue weighted by Crippen LogP contribution is -2.39. The summed E-state index contributed by atoms with van der Waals surface area (Å²) in [5, 5.41) is 0. The fraction of sp³-hybridized carbons (Fsp3) is 0.459. The predicted octanol–water partition coefficient (Wildman–Crippen LogP) is 8.70. The molecule has 4 rings (SSSR count). The van der Waals surface area contributed by atoms with E-state index in [-0.39, 0.29) is 23.4 Å². The summed E-state index contributed by atoms with van der Waals surface area (Å²) in [6.07, 6.45) is 8.51. The van der Waals surface area contributed by atoms with Gasteiger partial charge in [-0.05, 0) is 112 Å². The van der Waals surface area contributed by atoms with Crippen LogP contribution in [0.2, 0.25) is 19.6 Å². The molecule has 1 aliphatic carbocycles. The normalized spacial score (nSPS) is 14.8. The monoisotopic (exact) mass is 581 g/mol. The molecule has 1 fully saturated rings. The van der Waals surface area contributed by atoms with Gasteiger partial charge in [-0.3, -0.25) is 9.78 Å². The van der Waals surface area contributed by atoms with E-state index in [2.05, 4.69) is 101 Å². The van der Waals surface area contributed by atoms with Crippen LogP contribution in [0.5, 0.6) is 0 Å². The fourth-order valence-corrected chi connectivity index (χ4v) is 7.92. The number of ether oxygens (including phenoxy) is 1. The third kappa shape index (κ3) is 7.05. The number of benzene rings is 2. The van der Waals surface area contributed by atoms with Crippen molar-refractivity contribution in [2.75, 3.05) is 7.11 Å². The van der Waals surface area contributed by atoms with Crippen molar-refractivity contribution in [3.8, 4) is 23.0 Å². The smallest absolute Gasteiger partial charge is 0.311 e. The number of hydrogen-bond acceptors (Lipinski definition) is 4. The van der Waals surface area contributed by atoms with Crippen LogP contribution in [0.25, 0.3) is 11.1 Å². The molecule has 1 aromatic heterocycles. The molecule has 0 radical (unpaired) electrons. The van der Waals surface area contributed by atoms with Crippen LogP contribution in [-0.2, 0) is 25.8 Å². The van der Waals surface area contributed by atoms with E-state index in [1.54, 1.807) is 0 Å². The molecular formula is C37H47NO3Si. The Kier molecular flexibility index (Phi) is 9.80. The number of methoxy groups -OCH3 is 1. The summed E-state index contributed by atoms with van der Waals surface area (Å²) in [6, 6.07) is 17.6. The van der Waals surface area contributed by atoms with Gasteiger partial charge in [0, 0.05) is 22.7 Å². The van der Waals surface area contributed by atoms with Crippen molar-refractivity contribution in [3.63, 3.8) is 0 Å². The number of carbonyl (C=O) groups excluding carboxylic acids is 1. The highest BCUT2D eigenvalue weighted by atomic mass is 28.4. The van der Waals surface area contributed by atoms with Gasteiger partial charge in [0.25, 0.3) is 0 Å². The highest BCUT2D eigenvalue weighted by Gasteiger charge is 2.37. The van der Waals surface area contributed by atoms with Gasteiger partial charge in [-0.1, -0.05) is 62.1 Å². The highest BCUT2D eigenvalue weighted by Crippen LogP contribution is 2.41. The molecule has 42 heavy (non-hydrogen) atoms. The second kappa shape index (κ2) is 13.0. The Morgan fingerprint density at radius 2 is 1.60 bits per heavy atom. The van der Waals surface area contributed by atoms with Crippen molar-refractivity contribution < 1.29 is 14.0 Å². The Bertz CT molecular complexity index is 1460. The number of pyridine rings is 1. The summed E-state index contributed by atoms with van der Waals surface area (Å²) in [5.41, 5.74) is 8.74. The molecule has 2 aromatic carbocycles. The van der Waals surface area contributed by atoms with Gasteiger partial charge in [-0.2, -0.15) is 0 Å². The van der Waals surface area contributed by atoms with E-state index < -0.39 is 8.32 Å².